The van der Waals surface area contributed by atoms with Crippen LogP contribution in [0.3, 0.4) is 0 Å². The number of nitrogens with zero attached hydrogens (tertiary/aromatic N) is 2. The van der Waals surface area contributed by atoms with Crippen molar-refractivity contribution in [2.24, 2.45) is 0 Å². The van der Waals surface area contributed by atoms with Crippen molar-refractivity contribution in [3.05, 3.63) is 194 Å². The first-order chi connectivity index (χ1) is 24.8. The van der Waals surface area contributed by atoms with E-state index in [0.29, 0.717) is 0 Å². The summed E-state index contributed by atoms with van der Waals surface area (Å²) >= 11 is 0. The molecular formula is C48H32N2. The Balaban J connectivity index is 1.32. The molecule has 50 heavy (non-hydrogen) atoms. The van der Waals surface area contributed by atoms with E-state index in [4.69, 9.17) is 0 Å². The number of hydrogen-bond acceptors (Lipinski definition) is 0. The summed E-state index contributed by atoms with van der Waals surface area (Å²) in [4.78, 5) is 0. The van der Waals surface area contributed by atoms with Gasteiger partial charge in [0.25, 0.3) is 0 Å². The van der Waals surface area contributed by atoms with Crippen LogP contribution in [0.4, 0.5) is 0 Å². The summed E-state index contributed by atoms with van der Waals surface area (Å²) in [5.74, 6) is 0. The third-order valence-corrected chi connectivity index (χ3v) is 10.1. The second kappa shape index (κ2) is 11.5. The highest BCUT2D eigenvalue weighted by Gasteiger charge is 2.17. The largest absolute Gasteiger partial charge is 0.308 e. The van der Waals surface area contributed by atoms with Gasteiger partial charge in [-0.15, -0.1) is 0 Å². The number of hydrogen-bond donors (Lipinski definition) is 0. The molecule has 10 rings (SSSR count). The van der Waals surface area contributed by atoms with Gasteiger partial charge in [-0.3, -0.25) is 0 Å². The maximum atomic E-state index is 2.49. The Morgan fingerprint density at radius 1 is 0.260 bits per heavy atom. The van der Waals surface area contributed by atoms with Crippen LogP contribution in [0.5, 0.6) is 0 Å². The summed E-state index contributed by atoms with van der Waals surface area (Å²) in [5.41, 5.74) is 14.3. The molecule has 0 fully saturated rings. The molecule has 0 spiro atoms. The van der Waals surface area contributed by atoms with E-state index in [1.54, 1.807) is 0 Å². The minimum absolute atomic E-state index is 1.13. The summed E-state index contributed by atoms with van der Waals surface area (Å²) in [7, 11) is 0. The van der Waals surface area contributed by atoms with E-state index in [1.165, 1.54) is 71.5 Å². The van der Waals surface area contributed by atoms with E-state index >= 15 is 0 Å². The molecule has 0 bridgehead atoms. The second-order valence-corrected chi connectivity index (χ2v) is 13.0. The summed E-state index contributed by atoms with van der Waals surface area (Å²) in [5, 5.41) is 4.93. The minimum Gasteiger partial charge on any atom is -0.308 e. The Kier molecular flexibility index (Phi) is 6.53. The van der Waals surface area contributed by atoms with Crippen LogP contribution in [0.2, 0.25) is 0 Å². The zero-order valence-electron chi connectivity index (χ0n) is 27.4. The van der Waals surface area contributed by atoms with Crippen LogP contribution in [-0.2, 0) is 0 Å². The van der Waals surface area contributed by atoms with Crippen LogP contribution < -0.4 is 0 Å². The van der Waals surface area contributed by atoms with Gasteiger partial charge in [-0.2, -0.15) is 0 Å². The molecule has 0 N–H and O–H groups in total. The highest BCUT2D eigenvalue weighted by Crippen LogP contribution is 2.40. The molecule has 0 atom stereocenters. The van der Waals surface area contributed by atoms with Gasteiger partial charge >= 0.3 is 0 Å². The molecule has 8 aromatic carbocycles. The number of fused-ring (bicyclic) bond motifs is 7. The summed E-state index contributed by atoms with van der Waals surface area (Å²) in [6, 6.07) is 70.6. The molecule has 0 aliphatic carbocycles. The van der Waals surface area contributed by atoms with Crippen molar-refractivity contribution in [1.82, 2.24) is 8.97 Å². The van der Waals surface area contributed by atoms with Crippen LogP contribution in [0.1, 0.15) is 0 Å². The van der Waals surface area contributed by atoms with E-state index < -0.39 is 0 Å². The van der Waals surface area contributed by atoms with Crippen molar-refractivity contribution in [2.75, 3.05) is 0 Å². The average molecular weight is 637 g/mol. The normalized spacial score (nSPS) is 11.6. The van der Waals surface area contributed by atoms with Crippen molar-refractivity contribution >= 4 is 49.1 Å². The zero-order chi connectivity index (χ0) is 33.0. The predicted octanol–water partition coefficient (Wildman–Crippen LogP) is 12.9. The van der Waals surface area contributed by atoms with Gasteiger partial charge in [0.1, 0.15) is 0 Å². The minimum atomic E-state index is 1.13. The third kappa shape index (κ3) is 4.50. The standard InChI is InChI=1S/C48H32N2/c1-4-15-33(16-5-1)36-29-37(34-17-6-2-7-18-34)31-38(30-36)35-27-28-45-43(32-35)42-23-14-22-41-40-21-10-11-24-44(40)49(39-19-8-3-9-20-39)46-25-12-13-26-47(46)50(45)48(41)42/h1-32H. The van der Waals surface area contributed by atoms with Crippen molar-refractivity contribution < 1.29 is 0 Å². The lowest BCUT2D eigenvalue weighted by atomic mass is 9.93. The van der Waals surface area contributed by atoms with E-state index in [2.05, 4.69) is 203 Å². The molecule has 0 aliphatic heterocycles. The fourth-order valence-electron chi connectivity index (χ4n) is 7.83. The molecule has 2 aromatic heterocycles. The smallest absolute Gasteiger partial charge is 0.0703 e. The number of benzene rings is 8. The first-order valence-electron chi connectivity index (χ1n) is 17.2. The maximum Gasteiger partial charge on any atom is 0.0703 e. The van der Waals surface area contributed by atoms with E-state index in [9.17, 15) is 0 Å². The maximum absolute atomic E-state index is 2.49. The molecule has 2 nitrogen and oxygen atoms in total. The van der Waals surface area contributed by atoms with Crippen LogP contribution in [-0.4, -0.2) is 8.97 Å². The van der Waals surface area contributed by atoms with Crippen molar-refractivity contribution in [1.29, 1.82) is 0 Å². The van der Waals surface area contributed by atoms with Gasteiger partial charge in [0.15, 0.2) is 0 Å². The molecule has 0 radical (unpaired) electrons. The van der Waals surface area contributed by atoms with E-state index in [-0.39, 0.29) is 0 Å². The van der Waals surface area contributed by atoms with Crippen LogP contribution in [0.15, 0.2) is 194 Å². The van der Waals surface area contributed by atoms with Gasteiger partial charge < -0.3 is 8.97 Å². The van der Waals surface area contributed by atoms with Crippen molar-refractivity contribution in [3.63, 3.8) is 0 Å². The fourth-order valence-corrected chi connectivity index (χ4v) is 7.83. The lowest BCUT2D eigenvalue weighted by Crippen LogP contribution is -2.00. The van der Waals surface area contributed by atoms with Crippen molar-refractivity contribution in [2.45, 2.75) is 0 Å². The van der Waals surface area contributed by atoms with Crippen molar-refractivity contribution in [3.8, 4) is 39.1 Å². The molecular weight excluding hydrogens is 605 g/mol. The van der Waals surface area contributed by atoms with Crippen LogP contribution >= 0.6 is 0 Å². The Morgan fingerprint density at radius 3 is 1.42 bits per heavy atom. The highest BCUT2D eigenvalue weighted by molar-refractivity contribution is 6.21. The lowest BCUT2D eigenvalue weighted by Gasteiger charge is -2.16. The summed E-state index contributed by atoms with van der Waals surface area (Å²) in [6.45, 7) is 0. The Labute approximate surface area is 290 Å². The van der Waals surface area contributed by atoms with Gasteiger partial charge in [-0.25, -0.2) is 0 Å². The predicted molar refractivity (Wildman–Crippen MR) is 212 cm³/mol. The van der Waals surface area contributed by atoms with Gasteiger partial charge in [-0.1, -0.05) is 133 Å². The first-order valence-corrected chi connectivity index (χ1v) is 17.2. The molecule has 234 valence electrons. The molecule has 10 aromatic rings. The molecule has 2 heteroatoms. The number of rotatable bonds is 4. The topological polar surface area (TPSA) is 9.34 Å². The monoisotopic (exact) mass is 636 g/mol. The Hall–Kier alpha value is -6.64. The van der Waals surface area contributed by atoms with Gasteiger partial charge in [0, 0.05) is 27.2 Å². The highest BCUT2D eigenvalue weighted by atomic mass is 15.0. The van der Waals surface area contributed by atoms with Crippen LogP contribution in [0, 0.1) is 0 Å². The Morgan fingerprint density at radius 2 is 0.760 bits per heavy atom. The van der Waals surface area contributed by atoms with E-state index in [0.717, 1.165) is 16.7 Å². The summed E-state index contributed by atoms with van der Waals surface area (Å²) < 4.78 is 4.90. The first kappa shape index (κ1) is 28.4. The zero-order valence-corrected chi connectivity index (χ0v) is 27.4. The second-order valence-electron chi connectivity index (χ2n) is 13.0. The molecule has 0 saturated carbocycles. The van der Waals surface area contributed by atoms with Crippen LogP contribution in [0.25, 0.3) is 88.2 Å². The molecule has 0 aliphatic rings. The molecule has 0 amide bonds. The third-order valence-electron chi connectivity index (χ3n) is 10.1. The quantitative estimate of drug-likeness (QED) is 0.182. The molecule has 0 saturated heterocycles. The van der Waals surface area contributed by atoms with Gasteiger partial charge in [-0.05, 0) is 94.0 Å². The van der Waals surface area contributed by atoms with E-state index in [1.807, 2.05) is 0 Å². The Bertz CT molecular complexity index is 2840. The number of aromatic nitrogens is 2. The molecule has 2 heterocycles. The molecule has 0 unspecified atom stereocenters. The SMILES string of the molecule is c1ccc(-c2cc(-c3ccccc3)cc(-c3ccc4c(c3)c3cccc5c6ccccc6n(-c6ccccc6)c6ccccc6n4c53)c2)cc1. The average Bonchev–Trinajstić information content (AvgIpc) is 3.53. The number of para-hydroxylation sites is 5. The van der Waals surface area contributed by atoms with Gasteiger partial charge in [0.2, 0.25) is 0 Å². The summed E-state index contributed by atoms with van der Waals surface area (Å²) in [6.07, 6.45) is 0. The fraction of sp³-hybridized carbons (Fsp3) is 0. The lowest BCUT2D eigenvalue weighted by molar-refractivity contribution is 1.16. The van der Waals surface area contributed by atoms with Gasteiger partial charge in [0.05, 0.1) is 27.6 Å².